The highest BCUT2D eigenvalue weighted by atomic mass is 19.4. The first-order valence-corrected chi connectivity index (χ1v) is 3.67. The van der Waals surface area contributed by atoms with Crippen LogP contribution in [-0.4, -0.2) is 33.9 Å². The third-order valence-corrected chi connectivity index (χ3v) is 1.65. The molecule has 1 atom stereocenters. The van der Waals surface area contributed by atoms with Gasteiger partial charge in [-0.15, -0.1) is 5.01 Å². The van der Waals surface area contributed by atoms with Gasteiger partial charge in [-0.05, 0) is 12.0 Å². The summed E-state index contributed by atoms with van der Waals surface area (Å²) in [6.07, 6.45) is -1.18. The Morgan fingerprint density at radius 2 is 2.21 bits per heavy atom. The number of hydrazine groups is 2. The van der Waals surface area contributed by atoms with Crippen LogP contribution in [0.5, 0.6) is 0 Å². The predicted molar refractivity (Wildman–Crippen MR) is 38.9 cm³/mol. The Hall–Kier alpha value is -1.31. The Bertz CT molecular complexity index is 266. The van der Waals surface area contributed by atoms with Gasteiger partial charge in [0.15, 0.2) is 5.03 Å². The Labute approximate surface area is 77.5 Å². The average molecular weight is 210 g/mol. The molecule has 0 aromatic carbocycles. The van der Waals surface area contributed by atoms with Crippen LogP contribution in [0.4, 0.5) is 13.2 Å². The van der Waals surface area contributed by atoms with Gasteiger partial charge < -0.3 is 0 Å². The van der Waals surface area contributed by atoms with Crippen molar-refractivity contribution in [2.75, 3.05) is 6.54 Å². The first-order chi connectivity index (χ1) is 6.31. The van der Waals surface area contributed by atoms with Crippen molar-refractivity contribution in [2.24, 2.45) is 0 Å². The van der Waals surface area contributed by atoms with Gasteiger partial charge in [0.1, 0.15) is 6.54 Å². The highest BCUT2D eigenvalue weighted by Gasteiger charge is 2.40. The Morgan fingerprint density at radius 1 is 1.64 bits per heavy atom. The van der Waals surface area contributed by atoms with E-state index in [1.54, 1.807) is 0 Å². The minimum Gasteiger partial charge on any atom is -0.233 e. The fourth-order valence-corrected chi connectivity index (χ4v) is 1.05. The van der Waals surface area contributed by atoms with Crippen LogP contribution in [0.2, 0.25) is 0 Å². The van der Waals surface area contributed by atoms with E-state index in [1.165, 1.54) is 6.92 Å². The van der Waals surface area contributed by atoms with E-state index in [0.29, 0.717) is 5.01 Å². The fraction of sp³-hybridized carbons (Fsp3) is 0.667. The molecule has 0 fully saturated rings. The van der Waals surface area contributed by atoms with Crippen molar-refractivity contribution < 1.29 is 18.2 Å². The molecule has 0 amide bonds. The quantitative estimate of drug-likeness (QED) is 0.503. The summed E-state index contributed by atoms with van der Waals surface area (Å²) in [5.41, 5.74) is 0. The van der Waals surface area contributed by atoms with Crippen molar-refractivity contribution in [1.82, 2.24) is 10.1 Å². The number of hydrogen-bond acceptors (Lipinski definition) is 3. The maximum atomic E-state index is 12.0. The topological polar surface area (TPSA) is 49.6 Å². The number of halogens is 3. The van der Waals surface area contributed by atoms with Crippen molar-refractivity contribution in [3.8, 4) is 0 Å². The minimum atomic E-state index is -4.47. The van der Waals surface area contributed by atoms with E-state index < -0.39 is 23.8 Å². The van der Waals surface area contributed by atoms with Crippen molar-refractivity contribution in [1.29, 1.82) is 0 Å². The molecule has 1 unspecified atom stereocenters. The number of nitro groups is 1. The zero-order valence-electron chi connectivity index (χ0n) is 7.15. The van der Waals surface area contributed by atoms with Gasteiger partial charge in [-0.25, -0.2) is 10.1 Å². The van der Waals surface area contributed by atoms with Gasteiger partial charge in [0, 0.05) is 6.08 Å². The molecule has 0 saturated heterocycles. The standard InChI is InChI=1S/C6H7F3N3O2/c1-5-2-3-11(12(13)14)10(5)4-6(7,8)9/h3,5H,4H2,1H3. The van der Waals surface area contributed by atoms with Crippen LogP contribution in [0.3, 0.4) is 0 Å². The van der Waals surface area contributed by atoms with Crippen molar-refractivity contribution in [2.45, 2.75) is 19.1 Å². The molecule has 0 aromatic rings. The lowest BCUT2D eigenvalue weighted by molar-refractivity contribution is -0.683. The highest BCUT2D eigenvalue weighted by Crippen LogP contribution is 2.22. The lowest BCUT2D eigenvalue weighted by Crippen LogP contribution is -2.47. The predicted octanol–water partition coefficient (Wildman–Crippen LogP) is 0.978. The number of rotatable bonds is 2. The fourth-order valence-electron chi connectivity index (χ4n) is 1.05. The lowest BCUT2D eigenvalue weighted by atomic mass is 10.3. The molecule has 0 N–H and O–H groups in total. The molecule has 1 aliphatic heterocycles. The molecule has 5 nitrogen and oxygen atoms in total. The zero-order chi connectivity index (χ0) is 10.9. The molecular formula is C6H7F3N3O2. The summed E-state index contributed by atoms with van der Waals surface area (Å²) in [7, 11) is 0. The second-order valence-corrected chi connectivity index (χ2v) is 2.74. The zero-order valence-corrected chi connectivity index (χ0v) is 7.15. The van der Waals surface area contributed by atoms with Gasteiger partial charge in [0.2, 0.25) is 0 Å². The summed E-state index contributed by atoms with van der Waals surface area (Å²) in [6.45, 7) is 0.0321. The molecule has 0 saturated carbocycles. The molecule has 8 heteroatoms. The molecule has 0 aliphatic carbocycles. The van der Waals surface area contributed by atoms with Crippen LogP contribution < -0.4 is 0 Å². The molecule has 14 heavy (non-hydrogen) atoms. The van der Waals surface area contributed by atoms with Crippen LogP contribution in [-0.2, 0) is 0 Å². The normalized spacial score (nSPS) is 23.1. The third kappa shape index (κ3) is 2.34. The molecule has 0 bridgehead atoms. The van der Waals surface area contributed by atoms with Gasteiger partial charge in [0.05, 0.1) is 12.2 Å². The van der Waals surface area contributed by atoms with E-state index >= 15 is 0 Å². The molecule has 1 radical (unpaired) electrons. The molecular weight excluding hydrogens is 203 g/mol. The summed E-state index contributed by atoms with van der Waals surface area (Å²) in [5.74, 6) is 0. The molecule has 1 aliphatic rings. The summed E-state index contributed by atoms with van der Waals surface area (Å²) >= 11 is 0. The van der Waals surface area contributed by atoms with Crippen LogP contribution in [0.15, 0.2) is 6.20 Å². The molecule has 1 rings (SSSR count). The second-order valence-electron chi connectivity index (χ2n) is 2.74. The van der Waals surface area contributed by atoms with E-state index in [9.17, 15) is 23.3 Å². The van der Waals surface area contributed by atoms with Crippen LogP contribution in [0.1, 0.15) is 6.92 Å². The Balaban J connectivity index is 2.71. The molecule has 1 heterocycles. The van der Waals surface area contributed by atoms with E-state index in [4.69, 9.17) is 0 Å². The molecule has 0 aromatic heterocycles. The largest absolute Gasteiger partial charge is 0.403 e. The highest BCUT2D eigenvalue weighted by molar-refractivity contribution is 4.88. The summed E-state index contributed by atoms with van der Waals surface area (Å²) in [5, 5.41) is 10.2. The summed E-state index contributed by atoms with van der Waals surface area (Å²) < 4.78 is 36.0. The van der Waals surface area contributed by atoms with Gasteiger partial charge in [-0.2, -0.15) is 13.2 Å². The maximum absolute atomic E-state index is 12.0. The molecule has 0 spiro atoms. The lowest BCUT2D eigenvalue weighted by Gasteiger charge is -2.24. The average Bonchev–Trinajstić information content (AvgIpc) is 2.29. The maximum Gasteiger partial charge on any atom is 0.403 e. The van der Waals surface area contributed by atoms with E-state index in [1.807, 2.05) is 0 Å². The van der Waals surface area contributed by atoms with E-state index in [0.717, 1.165) is 6.20 Å². The van der Waals surface area contributed by atoms with Crippen molar-refractivity contribution in [3.05, 3.63) is 22.4 Å². The van der Waals surface area contributed by atoms with Crippen molar-refractivity contribution in [3.63, 3.8) is 0 Å². The smallest absolute Gasteiger partial charge is 0.233 e. The van der Waals surface area contributed by atoms with Gasteiger partial charge in [-0.3, -0.25) is 0 Å². The first-order valence-electron chi connectivity index (χ1n) is 3.67. The van der Waals surface area contributed by atoms with E-state index in [2.05, 4.69) is 6.08 Å². The minimum absolute atomic E-state index is 0.290. The Kier molecular flexibility index (Phi) is 2.65. The summed E-state index contributed by atoms with van der Waals surface area (Å²) in [6, 6.07) is -0.748. The number of alkyl halides is 3. The van der Waals surface area contributed by atoms with E-state index in [-0.39, 0.29) is 5.12 Å². The van der Waals surface area contributed by atoms with Crippen LogP contribution >= 0.6 is 0 Å². The SMILES string of the molecule is CC1[C]=CN([N+](=O)[O-])N1CC(F)(F)F. The number of nitrogens with zero attached hydrogens (tertiary/aromatic N) is 3. The molecule has 79 valence electrons. The van der Waals surface area contributed by atoms with Crippen LogP contribution in [0.25, 0.3) is 0 Å². The van der Waals surface area contributed by atoms with Gasteiger partial charge in [0.25, 0.3) is 0 Å². The third-order valence-electron chi connectivity index (χ3n) is 1.65. The monoisotopic (exact) mass is 210 g/mol. The van der Waals surface area contributed by atoms with Gasteiger partial charge in [-0.1, -0.05) is 0 Å². The Morgan fingerprint density at radius 3 is 2.64 bits per heavy atom. The van der Waals surface area contributed by atoms with Gasteiger partial charge >= 0.3 is 6.18 Å². The second kappa shape index (κ2) is 3.45. The van der Waals surface area contributed by atoms with Crippen molar-refractivity contribution >= 4 is 0 Å². The summed E-state index contributed by atoms with van der Waals surface area (Å²) in [4.78, 5) is 10.3. The van der Waals surface area contributed by atoms with Crippen LogP contribution in [0, 0.1) is 16.2 Å². The number of hydrogen-bond donors (Lipinski definition) is 0. The first kappa shape index (κ1) is 10.8.